The molecule has 88 valence electrons. The van der Waals surface area contributed by atoms with E-state index in [9.17, 15) is 4.39 Å². The highest BCUT2D eigenvalue weighted by Gasteiger charge is 2.39. The number of rotatable bonds is 0. The van der Waals surface area contributed by atoms with Gasteiger partial charge in [-0.3, -0.25) is 0 Å². The Kier molecular flexibility index (Phi) is 2.81. The predicted molar refractivity (Wildman–Crippen MR) is 66.8 cm³/mol. The number of fused-ring (bicyclic) bond motifs is 1. The molecule has 0 aromatic carbocycles. The van der Waals surface area contributed by atoms with E-state index in [1.54, 1.807) is 17.7 Å². The first-order valence-corrected chi connectivity index (χ1v) is 6.17. The molecule has 1 heteroatoms. The standard InChI is InChI=1S/C15H21F/c1-10(2)12-5-6-13-8-14(16)7-11(3)15(13,4)9-12/h7-8,11H,5-6,9H2,1-4H3/t11-,15+/m1/s1. The van der Waals surface area contributed by atoms with Gasteiger partial charge in [-0.15, -0.1) is 0 Å². The minimum atomic E-state index is -0.0411. The van der Waals surface area contributed by atoms with Crippen molar-refractivity contribution in [3.63, 3.8) is 0 Å². The fourth-order valence-corrected chi connectivity index (χ4v) is 2.97. The van der Waals surface area contributed by atoms with E-state index < -0.39 is 0 Å². The first-order chi connectivity index (χ1) is 7.43. The van der Waals surface area contributed by atoms with Crippen molar-refractivity contribution < 1.29 is 4.39 Å². The van der Waals surface area contributed by atoms with Crippen molar-refractivity contribution in [1.82, 2.24) is 0 Å². The summed E-state index contributed by atoms with van der Waals surface area (Å²) < 4.78 is 13.4. The van der Waals surface area contributed by atoms with E-state index in [0.717, 1.165) is 19.3 Å². The maximum Gasteiger partial charge on any atom is 0.119 e. The van der Waals surface area contributed by atoms with E-state index in [4.69, 9.17) is 0 Å². The highest BCUT2D eigenvalue weighted by molar-refractivity contribution is 5.36. The third-order valence-corrected chi connectivity index (χ3v) is 4.44. The summed E-state index contributed by atoms with van der Waals surface area (Å²) in [5.41, 5.74) is 4.48. The van der Waals surface area contributed by atoms with Crippen LogP contribution < -0.4 is 0 Å². The van der Waals surface area contributed by atoms with Gasteiger partial charge in [0, 0.05) is 0 Å². The van der Waals surface area contributed by atoms with Gasteiger partial charge in [0.15, 0.2) is 0 Å². The summed E-state index contributed by atoms with van der Waals surface area (Å²) in [5, 5.41) is 0. The third kappa shape index (κ3) is 1.77. The summed E-state index contributed by atoms with van der Waals surface area (Å²) in [6, 6.07) is 0. The monoisotopic (exact) mass is 220 g/mol. The Morgan fingerprint density at radius 3 is 2.69 bits per heavy atom. The summed E-state index contributed by atoms with van der Waals surface area (Å²) in [6.45, 7) is 8.81. The van der Waals surface area contributed by atoms with Crippen molar-refractivity contribution in [2.45, 2.75) is 47.0 Å². The van der Waals surface area contributed by atoms with Gasteiger partial charge in [0.2, 0.25) is 0 Å². The molecule has 0 bridgehead atoms. The Morgan fingerprint density at radius 1 is 1.38 bits per heavy atom. The lowest BCUT2D eigenvalue weighted by Crippen LogP contribution is -2.32. The van der Waals surface area contributed by atoms with Crippen molar-refractivity contribution in [3.05, 3.63) is 34.7 Å². The second-order valence-electron chi connectivity index (χ2n) is 5.71. The largest absolute Gasteiger partial charge is 0.207 e. The molecule has 1 fully saturated rings. The summed E-state index contributed by atoms with van der Waals surface area (Å²) >= 11 is 0. The van der Waals surface area contributed by atoms with E-state index >= 15 is 0 Å². The Morgan fingerprint density at radius 2 is 2.06 bits per heavy atom. The van der Waals surface area contributed by atoms with Crippen LogP contribution in [0.3, 0.4) is 0 Å². The maximum atomic E-state index is 13.4. The predicted octanol–water partition coefficient (Wildman–Crippen LogP) is 4.94. The lowest BCUT2D eigenvalue weighted by atomic mass is 9.61. The van der Waals surface area contributed by atoms with Crippen LogP contribution in [-0.2, 0) is 0 Å². The molecule has 0 N–H and O–H groups in total. The highest BCUT2D eigenvalue weighted by atomic mass is 19.1. The normalized spacial score (nSPS) is 34.1. The van der Waals surface area contributed by atoms with Crippen LogP contribution in [0.2, 0.25) is 0 Å². The van der Waals surface area contributed by atoms with Crippen LogP contribution in [0.15, 0.2) is 34.7 Å². The number of halogens is 1. The molecule has 16 heavy (non-hydrogen) atoms. The van der Waals surface area contributed by atoms with E-state index in [2.05, 4.69) is 27.7 Å². The second-order valence-corrected chi connectivity index (χ2v) is 5.71. The molecule has 2 atom stereocenters. The molecule has 2 rings (SSSR count). The molecule has 0 radical (unpaired) electrons. The summed E-state index contributed by atoms with van der Waals surface area (Å²) in [5.74, 6) is 0.266. The molecule has 0 heterocycles. The van der Waals surface area contributed by atoms with Gasteiger partial charge in [-0.1, -0.05) is 30.6 Å². The van der Waals surface area contributed by atoms with Gasteiger partial charge in [-0.2, -0.15) is 0 Å². The van der Waals surface area contributed by atoms with Crippen molar-refractivity contribution in [1.29, 1.82) is 0 Å². The molecule has 0 spiro atoms. The van der Waals surface area contributed by atoms with Gasteiger partial charge in [0.1, 0.15) is 5.83 Å². The van der Waals surface area contributed by atoms with Crippen LogP contribution in [0.5, 0.6) is 0 Å². The minimum Gasteiger partial charge on any atom is -0.207 e. The van der Waals surface area contributed by atoms with Crippen molar-refractivity contribution in [3.8, 4) is 0 Å². The maximum absolute atomic E-state index is 13.4. The number of hydrogen-bond acceptors (Lipinski definition) is 0. The van der Waals surface area contributed by atoms with Crippen LogP contribution in [0, 0.1) is 11.3 Å². The Hall–Kier alpha value is -0.850. The minimum absolute atomic E-state index is 0.0411. The van der Waals surface area contributed by atoms with Crippen LogP contribution in [0.1, 0.15) is 47.0 Å². The average molecular weight is 220 g/mol. The van der Waals surface area contributed by atoms with Crippen molar-refractivity contribution >= 4 is 0 Å². The van der Waals surface area contributed by atoms with E-state index in [1.807, 2.05) is 0 Å². The zero-order valence-electron chi connectivity index (χ0n) is 10.7. The number of hydrogen-bond donors (Lipinski definition) is 0. The SMILES string of the molecule is CC(C)=C1CCC2=CC(F)=C[C@@H](C)[C@]2(C)C1. The third-order valence-electron chi connectivity index (χ3n) is 4.44. The summed E-state index contributed by atoms with van der Waals surface area (Å²) in [7, 11) is 0. The van der Waals surface area contributed by atoms with Gasteiger partial charge >= 0.3 is 0 Å². The zero-order chi connectivity index (χ0) is 11.9. The molecule has 0 nitrogen and oxygen atoms in total. The molecule has 0 unspecified atom stereocenters. The van der Waals surface area contributed by atoms with Crippen LogP contribution in [0.4, 0.5) is 4.39 Å². The zero-order valence-corrected chi connectivity index (χ0v) is 10.7. The molecular formula is C15H21F. The first kappa shape index (κ1) is 11.6. The van der Waals surface area contributed by atoms with Gasteiger partial charge in [0.25, 0.3) is 0 Å². The lowest BCUT2D eigenvalue weighted by Gasteiger charge is -2.44. The molecule has 0 saturated heterocycles. The van der Waals surface area contributed by atoms with Crippen LogP contribution >= 0.6 is 0 Å². The first-order valence-electron chi connectivity index (χ1n) is 6.17. The Balaban J connectivity index is 2.37. The molecular weight excluding hydrogens is 199 g/mol. The molecule has 1 saturated carbocycles. The topological polar surface area (TPSA) is 0 Å². The van der Waals surface area contributed by atoms with E-state index in [0.29, 0.717) is 5.92 Å². The fourth-order valence-electron chi connectivity index (χ4n) is 2.97. The summed E-state index contributed by atoms with van der Waals surface area (Å²) in [6.07, 6.45) is 6.79. The average Bonchev–Trinajstić information content (AvgIpc) is 2.19. The molecule has 0 aliphatic heterocycles. The second kappa shape index (κ2) is 3.87. The Labute approximate surface area is 97.9 Å². The van der Waals surface area contributed by atoms with Crippen molar-refractivity contribution in [2.24, 2.45) is 11.3 Å². The summed E-state index contributed by atoms with van der Waals surface area (Å²) in [4.78, 5) is 0. The van der Waals surface area contributed by atoms with Crippen LogP contribution in [0.25, 0.3) is 0 Å². The smallest absolute Gasteiger partial charge is 0.119 e. The lowest BCUT2D eigenvalue weighted by molar-refractivity contribution is 0.261. The van der Waals surface area contributed by atoms with E-state index in [1.165, 1.54) is 11.1 Å². The number of allylic oxidation sites excluding steroid dienone is 6. The van der Waals surface area contributed by atoms with Crippen LogP contribution in [-0.4, -0.2) is 0 Å². The molecule has 2 aliphatic carbocycles. The van der Waals surface area contributed by atoms with Gasteiger partial charge < -0.3 is 0 Å². The molecule has 2 aliphatic rings. The molecule has 0 aromatic rings. The fraction of sp³-hybridized carbons (Fsp3) is 0.600. The molecule has 0 aromatic heterocycles. The van der Waals surface area contributed by atoms with Gasteiger partial charge in [0.05, 0.1) is 0 Å². The van der Waals surface area contributed by atoms with Crippen molar-refractivity contribution in [2.75, 3.05) is 0 Å². The van der Waals surface area contributed by atoms with Gasteiger partial charge in [-0.05, 0) is 56.6 Å². The Bertz CT molecular complexity index is 394. The van der Waals surface area contributed by atoms with E-state index in [-0.39, 0.29) is 11.2 Å². The highest BCUT2D eigenvalue weighted by Crippen LogP contribution is 2.51. The quantitative estimate of drug-likeness (QED) is 0.507. The van der Waals surface area contributed by atoms with Gasteiger partial charge in [-0.25, -0.2) is 4.39 Å². The molecule has 0 amide bonds.